The highest BCUT2D eigenvalue weighted by atomic mass is 16.6. The molecule has 1 atom stereocenters. The lowest BCUT2D eigenvalue weighted by atomic mass is 10.1. The number of hydrogen-bond donors (Lipinski definition) is 4. The quantitative estimate of drug-likeness (QED) is 0.0394. The number of rotatable bonds is 29. The van der Waals surface area contributed by atoms with Crippen LogP contribution in [0.2, 0.25) is 0 Å². The fourth-order valence-electron chi connectivity index (χ4n) is 5.62. The van der Waals surface area contributed by atoms with Gasteiger partial charge in [-0.15, -0.1) is 0 Å². The molecular weight excluding hydrogens is 693 g/mol. The lowest BCUT2D eigenvalue weighted by Crippen LogP contribution is -2.44. The number of nitrogens with zero attached hydrogens (tertiary/aromatic N) is 2. The molecule has 2 amide bonds. The van der Waals surface area contributed by atoms with Crippen molar-refractivity contribution in [2.75, 3.05) is 39.4 Å². The highest BCUT2D eigenvalue weighted by Gasteiger charge is 2.24. The van der Waals surface area contributed by atoms with Crippen LogP contribution in [-0.4, -0.2) is 89.4 Å². The highest BCUT2D eigenvalue weighted by Crippen LogP contribution is 2.10. The second kappa shape index (κ2) is 31.9. The molecule has 0 aliphatic carbocycles. The van der Waals surface area contributed by atoms with Gasteiger partial charge in [-0.2, -0.15) is 0 Å². The first-order valence-electron chi connectivity index (χ1n) is 20.2. The van der Waals surface area contributed by atoms with Gasteiger partial charge in [0.1, 0.15) is 12.1 Å². The second-order valence-corrected chi connectivity index (χ2v) is 13.5. The number of carbonyl (C=O) groups excluding carboxylic acids is 3. The largest absolute Gasteiger partial charge is 0.456 e. The van der Waals surface area contributed by atoms with Gasteiger partial charge in [0.05, 0.1) is 13.2 Å². The molecule has 302 valence electrons. The Morgan fingerprint density at radius 2 is 1.42 bits per heavy atom. The molecule has 2 heterocycles. The van der Waals surface area contributed by atoms with E-state index in [1.165, 1.54) is 12.8 Å². The van der Waals surface area contributed by atoms with Crippen LogP contribution in [0.25, 0.3) is 6.08 Å². The molecule has 1 unspecified atom stereocenters. The van der Waals surface area contributed by atoms with Crippen molar-refractivity contribution in [3.8, 4) is 0 Å². The van der Waals surface area contributed by atoms with Gasteiger partial charge in [0.2, 0.25) is 11.8 Å². The minimum absolute atomic E-state index is 0.0370. The third-order valence-electron chi connectivity index (χ3n) is 8.78. The Kier molecular flexibility index (Phi) is 27.1. The lowest BCUT2D eigenvalue weighted by Gasteiger charge is -2.20. The number of likely N-dealkylation sites (tertiary alicyclic amines) is 1. The van der Waals surface area contributed by atoms with E-state index in [4.69, 9.17) is 4.74 Å². The summed E-state index contributed by atoms with van der Waals surface area (Å²) < 4.78 is 5.18. The number of hydrogen-bond acceptors (Lipinski definition) is 8. The molecule has 1 saturated heterocycles. The summed E-state index contributed by atoms with van der Waals surface area (Å²) in [4.78, 5) is 44.9. The van der Waals surface area contributed by atoms with E-state index < -0.39 is 31.3 Å². The van der Waals surface area contributed by atoms with Crippen molar-refractivity contribution < 1.29 is 29.3 Å². The zero-order chi connectivity index (χ0) is 39.6. The summed E-state index contributed by atoms with van der Waals surface area (Å²) in [6, 6.07) is 2.99. The van der Waals surface area contributed by atoms with E-state index in [0.717, 1.165) is 75.8 Å². The van der Waals surface area contributed by atoms with E-state index >= 15 is 0 Å². The molecule has 1 aromatic heterocycles. The molecule has 0 saturated carbocycles. The number of amides is 2. The van der Waals surface area contributed by atoms with Crippen molar-refractivity contribution in [1.82, 2.24) is 20.5 Å². The molecule has 1 aliphatic rings. The molecule has 0 aromatic carbocycles. The second-order valence-electron chi connectivity index (χ2n) is 13.5. The van der Waals surface area contributed by atoms with Gasteiger partial charge in [-0.25, -0.2) is 4.79 Å². The maximum atomic E-state index is 12.8. The van der Waals surface area contributed by atoms with Gasteiger partial charge in [-0.3, -0.25) is 14.6 Å². The number of aliphatic hydroxyl groups excluding tert-OH is 2. The predicted octanol–water partition coefficient (Wildman–Crippen LogP) is 6.88. The maximum absolute atomic E-state index is 12.8. The summed E-state index contributed by atoms with van der Waals surface area (Å²) >= 11 is 0. The molecule has 0 spiro atoms. The number of ether oxygens (including phenoxy) is 1. The third-order valence-corrected chi connectivity index (χ3v) is 8.78. The number of allylic oxidation sites excluding steroid dienone is 12. The number of aliphatic hydroxyl groups is 2. The molecule has 10 heteroatoms. The van der Waals surface area contributed by atoms with Crippen LogP contribution in [0.4, 0.5) is 0 Å². The Morgan fingerprint density at radius 1 is 0.818 bits per heavy atom. The topological polar surface area (TPSA) is 141 Å². The predicted molar refractivity (Wildman–Crippen MR) is 223 cm³/mol. The number of carbonyl (C=O) groups is 3. The molecule has 2 rings (SSSR count). The van der Waals surface area contributed by atoms with Gasteiger partial charge in [0.15, 0.2) is 0 Å². The Bertz CT molecular complexity index is 1400. The zero-order valence-electron chi connectivity index (χ0n) is 33.0. The Labute approximate surface area is 329 Å². The van der Waals surface area contributed by atoms with Crippen molar-refractivity contribution in [3.63, 3.8) is 0 Å². The van der Waals surface area contributed by atoms with Crippen molar-refractivity contribution in [3.05, 3.63) is 109 Å². The smallest absolute Gasteiger partial charge is 0.329 e. The average molecular weight is 759 g/mol. The van der Waals surface area contributed by atoms with Crippen LogP contribution in [0.1, 0.15) is 102 Å². The van der Waals surface area contributed by atoms with Gasteiger partial charge in [-0.05, 0) is 95.3 Å². The third kappa shape index (κ3) is 24.6. The molecule has 1 fully saturated rings. The first-order chi connectivity index (χ1) is 26.9. The minimum Gasteiger partial charge on any atom is -0.456 e. The van der Waals surface area contributed by atoms with E-state index in [9.17, 15) is 24.6 Å². The van der Waals surface area contributed by atoms with E-state index in [-0.39, 0.29) is 24.7 Å². The molecule has 1 aliphatic heterocycles. The van der Waals surface area contributed by atoms with Crippen molar-refractivity contribution in [2.45, 2.75) is 109 Å². The maximum Gasteiger partial charge on any atom is 0.329 e. The summed E-state index contributed by atoms with van der Waals surface area (Å²) in [6.07, 6.45) is 40.8. The molecule has 1 aromatic rings. The van der Waals surface area contributed by atoms with Crippen LogP contribution in [0, 0.1) is 0 Å². The molecule has 55 heavy (non-hydrogen) atoms. The fraction of sp³-hybridized carbons (Fsp3) is 0.511. The SMILES string of the molecule is CC/C=C\C/C=C\C/C=C\C/C=C\C/C=C\C/C=C\CCC(=O)NCCCC(NC(=O)C/C=C/c1ccc(CCN2CCCC2)nc1)C(=O)OC(CO)CO. The Morgan fingerprint density at radius 3 is 1.98 bits per heavy atom. The van der Waals surface area contributed by atoms with Gasteiger partial charge in [-0.1, -0.05) is 98.1 Å². The first-order valence-corrected chi connectivity index (χ1v) is 20.2. The summed E-state index contributed by atoms with van der Waals surface area (Å²) in [5.74, 6) is -1.22. The van der Waals surface area contributed by atoms with Crippen LogP contribution in [0.5, 0.6) is 0 Å². The first kappa shape index (κ1) is 46.8. The van der Waals surface area contributed by atoms with Crippen LogP contribution in [-0.2, 0) is 25.5 Å². The van der Waals surface area contributed by atoms with Crippen molar-refractivity contribution in [2.24, 2.45) is 0 Å². The van der Waals surface area contributed by atoms with Gasteiger partial charge >= 0.3 is 5.97 Å². The summed E-state index contributed by atoms with van der Waals surface area (Å²) in [7, 11) is 0. The number of aromatic nitrogens is 1. The zero-order valence-corrected chi connectivity index (χ0v) is 33.0. The minimum atomic E-state index is -1.08. The van der Waals surface area contributed by atoms with Gasteiger partial charge < -0.3 is 30.5 Å². The van der Waals surface area contributed by atoms with Crippen LogP contribution in [0.3, 0.4) is 0 Å². The van der Waals surface area contributed by atoms with E-state index in [1.54, 1.807) is 12.3 Å². The van der Waals surface area contributed by atoms with Gasteiger partial charge in [0.25, 0.3) is 0 Å². The highest BCUT2D eigenvalue weighted by molar-refractivity contribution is 5.85. The van der Waals surface area contributed by atoms with Crippen molar-refractivity contribution >= 4 is 23.9 Å². The number of pyridine rings is 1. The van der Waals surface area contributed by atoms with Gasteiger partial charge in [0, 0.05) is 44.2 Å². The standard InChI is InChI=1S/C45H66N4O6/c1-2-3-4-5-6-7-8-9-10-11-12-13-14-15-16-17-18-19-20-27-43(52)46-32-24-26-42(45(54)55-41(37-50)38-51)48-44(53)28-23-25-39-29-30-40(47-36-39)31-35-49-33-21-22-34-49/h3-4,6-7,9-10,12-13,15-16,18-19,23,25,29-30,36,41-42,50-51H,2,5,8,11,14,17,20-22,24,26-28,31-35,37-38H2,1H3,(H,46,52)(H,48,53)/b4-3-,7-6-,10-9-,13-12-,16-15-,19-18-,25-23+. The molecule has 0 bridgehead atoms. The van der Waals surface area contributed by atoms with E-state index in [2.05, 4.69) is 88.2 Å². The van der Waals surface area contributed by atoms with Crippen LogP contribution in [0.15, 0.2) is 97.3 Å². The Hall–Kier alpha value is -4.38. The lowest BCUT2D eigenvalue weighted by molar-refractivity contribution is -0.157. The summed E-state index contributed by atoms with van der Waals surface area (Å²) in [5.41, 5.74) is 1.91. The van der Waals surface area contributed by atoms with E-state index in [1.807, 2.05) is 30.4 Å². The normalized spacial score (nSPS) is 14.7. The molecule has 4 N–H and O–H groups in total. The number of nitrogens with one attached hydrogen (secondary N) is 2. The summed E-state index contributed by atoms with van der Waals surface area (Å²) in [5, 5.41) is 24.3. The van der Waals surface area contributed by atoms with Crippen LogP contribution >= 0.6 is 0 Å². The van der Waals surface area contributed by atoms with E-state index in [0.29, 0.717) is 25.8 Å². The monoisotopic (exact) mass is 758 g/mol. The van der Waals surface area contributed by atoms with Crippen molar-refractivity contribution in [1.29, 1.82) is 0 Å². The van der Waals surface area contributed by atoms with Crippen LogP contribution < -0.4 is 10.6 Å². The number of esters is 1. The average Bonchev–Trinajstić information content (AvgIpc) is 3.72. The summed E-state index contributed by atoms with van der Waals surface area (Å²) in [6.45, 7) is 4.73. The fourth-order valence-corrected chi connectivity index (χ4v) is 5.62. The molecule has 0 radical (unpaired) electrons. The Balaban J connectivity index is 1.63. The molecular formula is C45H66N4O6. The molecule has 10 nitrogen and oxygen atoms in total.